The highest BCUT2D eigenvalue weighted by Crippen LogP contribution is 2.30. The predicted octanol–water partition coefficient (Wildman–Crippen LogP) is 1.66. The number of sulfone groups is 1. The molecule has 0 unspecified atom stereocenters. The molecule has 126 valence electrons. The van der Waals surface area contributed by atoms with Crippen LogP contribution in [0.25, 0.3) is 0 Å². The fourth-order valence-electron chi connectivity index (χ4n) is 2.33. The highest BCUT2D eigenvalue weighted by molar-refractivity contribution is 7.90. The third-order valence-corrected chi connectivity index (χ3v) is 4.73. The average molecular weight is 347 g/mol. The normalized spacial score (nSPS) is 16.5. The summed E-state index contributed by atoms with van der Waals surface area (Å²) >= 11 is 0. The van der Waals surface area contributed by atoms with Crippen molar-refractivity contribution in [3.8, 4) is 11.5 Å². The Morgan fingerprint density at radius 3 is 2.46 bits per heavy atom. The van der Waals surface area contributed by atoms with E-state index in [0.717, 1.165) is 6.26 Å². The van der Waals surface area contributed by atoms with Crippen molar-refractivity contribution < 1.29 is 22.7 Å². The van der Waals surface area contributed by atoms with Gasteiger partial charge in [0.05, 0.1) is 11.4 Å². The molecular weight excluding hydrogens is 330 g/mol. The van der Waals surface area contributed by atoms with Gasteiger partial charge in [-0.3, -0.25) is 4.79 Å². The number of hydrogen-bond donors (Lipinski definition) is 1. The molecule has 0 spiro atoms. The molecule has 0 saturated heterocycles. The molecule has 2 aromatic rings. The van der Waals surface area contributed by atoms with E-state index in [0.29, 0.717) is 30.2 Å². The minimum Gasteiger partial charge on any atom is -0.486 e. The first-order chi connectivity index (χ1) is 11.4. The summed E-state index contributed by atoms with van der Waals surface area (Å²) < 4.78 is 34.2. The minimum absolute atomic E-state index is 0.180. The molecule has 6 nitrogen and oxygen atoms in total. The summed E-state index contributed by atoms with van der Waals surface area (Å²) in [5.41, 5.74) is 0.388. The van der Waals surface area contributed by atoms with Crippen LogP contribution in [0.2, 0.25) is 0 Å². The van der Waals surface area contributed by atoms with Gasteiger partial charge in [-0.2, -0.15) is 0 Å². The molecule has 1 aliphatic rings. The number of amides is 1. The molecule has 7 heteroatoms. The molecule has 1 aliphatic heterocycles. The van der Waals surface area contributed by atoms with Crippen molar-refractivity contribution in [3.05, 3.63) is 54.1 Å². The Labute approximate surface area is 140 Å². The summed E-state index contributed by atoms with van der Waals surface area (Å²) in [7, 11) is -3.27. The van der Waals surface area contributed by atoms with Crippen molar-refractivity contribution in [2.24, 2.45) is 0 Å². The maximum atomic E-state index is 12.1. The van der Waals surface area contributed by atoms with Gasteiger partial charge in [0.25, 0.3) is 5.91 Å². The van der Waals surface area contributed by atoms with E-state index in [1.54, 1.807) is 0 Å². The van der Waals surface area contributed by atoms with Crippen LogP contribution in [0.3, 0.4) is 0 Å². The lowest BCUT2D eigenvalue weighted by Gasteiger charge is -2.26. The summed E-state index contributed by atoms with van der Waals surface area (Å²) in [6.07, 6.45) is 0.847. The van der Waals surface area contributed by atoms with Crippen LogP contribution in [0.15, 0.2) is 53.4 Å². The lowest BCUT2D eigenvalue weighted by Crippen LogP contribution is -2.40. The van der Waals surface area contributed by atoms with Crippen molar-refractivity contribution in [2.75, 3.05) is 19.4 Å². The zero-order chi connectivity index (χ0) is 17.2. The molecule has 0 fully saturated rings. The van der Waals surface area contributed by atoms with E-state index in [9.17, 15) is 13.2 Å². The second kappa shape index (κ2) is 6.52. The number of benzene rings is 2. The first kappa shape index (κ1) is 16.3. The quantitative estimate of drug-likeness (QED) is 0.910. The van der Waals surface area contributed by atoms with Crippen molar-refractivity contribution in [1.29, 1.82) is 0 Å². The van der Waals surface area contributed by atoms with Gasteiger partial charge in [0, 0.05) is 11.8 Å². The summed E-state index contributed by atoms with van der Waals surface area (Å²) in [5.74, 6) is 1.05. The smallest absolute Gasteiger partial charge is 0.251 e. The van der Waals surface area contributed by atoms with Crippen molar-refractivity contribution in [1.82, 2.24) is 5.32 Å². The molecule has 0 radical (unpaired) electrons. The van der Waals surface area contributed by atoms with E-state index in [4.69, 9.17) is 9.47 Å². The minimum atomic E-state index is -3.27. The van der Waals surface area contributed by atoms with Crippen LogP contribution in [0, 0.1) is 0 Å². The number of carbonyl (C=O) groups excluding carboxylic acids is 1. The summed E-state index contributed by atoms with van der Waals surface area (Å²) in [6, 6.07) is 13.2. The van der Waals surface area contributed by atoms with E-state index in [1.165, 1.54) is 24.3 Å². The van der Waals surface area contributed by atoms with Crippen LogP contribution in [-0.2, 0) is 9.84 Å². The van der Waals surface area contributed by atoms with Crippen LogP contribution in [-0.4, -0.2) is 39.8 Å². The molecule has 1 N–H and O–H groups in total. The molecular formula is C17H17NO5S. The lowest BCUT2D eigenvalue weighted by molar-refractivity contribution is 0.0789. The van der Waals surface area contributed by atoms with Gasteiger partial charge < -0.3 is 14.8 Å². The molecule has 24 heavy (non-hydrogen) atoms. The van der Waals surface area contributed by atoms with Crippen molar-refractivity contribution >= 4 is 15.7 Å². The number of para-hydroxylation sites is 2. The van der Waals surface area contributed by atoms with Crippen molar-refractivity contribution in [3.63, 3.8) is 0 Å². The average Bonchev–Trinajstić information content (AvgIpc) is 2.59. The van der Waals surface area contributed by atoms with Gasteiger partial charge in [0.1, 0.15) is 12.7 Å². The molecule has 1 atom stereocenters. The van der Waals surface area contributed by atoms with Crippen LogP contribution >= 0.6 is 0 Å². The maximum absolute atomic E-state index is 12.1. The third kappa shape index (κ3) is 3.68. The maximum Gasteiger partial charge on any atom is 0.251 e. The number of carbonyl (C=O) groups is 1. The van der Waals surface area contributed by atoms with E-state index in [-0.39, 0.29) is 16.9 Å². The Kier molecular flexibility index (Phi) is 4.44. The van der Waals surface area contributed by atoms with Gasteiger partial charge in [-0.1, -0.05) is 12.1 Å². The Morgan fingerprint density at radius 2 is 1.79 bits per heavy atom. The Hall–Kier alpha value is -2.54. The van der Waals surface area contributed by atoms with Gasteiger partial charge in [0.2, 0.25) is 0 Å². The van der Waals surface area contributed by atoms with Gasteiger partial charge in [0.15, 0.2) is 21.3 Å². The predicted molar refractivity (Wildman–Crippen MR) is 88.2 cm³/mol. The second-order valence-electron chi connectivity index (χ2n) is 5.50. The van der Waals surface area contributed by atoms with Crippen molar-refractivity contribution in [2.45, 2.75) is 11.0 Å². The molecule has 0 saturated carbocycles. The molecule has 0 aliphatic carbocycles. The molecule has 3 rings (SSSR count). The summed E-state index contributed by atoms with van der Waals surface area (Å²) in [4.78, 5) is 12.3. The van der Waals surface area contributed by atoms with Gasteiger partial charge in [-0.15, -0.1) is 0 Å². The van der Waals surface area contributed by atoms with Gasteiger partial charge in [-0.25, -0.2) is 8.42 Å². The fraction of sp³-hybridized carbons (Fsp3) is 0.235. The fourth-order valence-corrected chi connectivity index (χ4v) is 2.96. The first-order valence-electron chi connectivity index (χ1n) is 7.40. The van der Waals surface area contributed by atoms with Crippen LogP contribution < -0.4 is 14.8 Å². The Bertz CT molecular complexity index is 846. The van der Waals surface area contributed by atoms with E-state index >= 15 is 0 Å². The molecule has 1 amide bonds. The largest absolute Gasteiger partial charge is 0.486 e. The first-order valence-corrected chi connectivity index (χ1v) is 9.29. The van der Waals surface area contributed by atoms with E-state index in [1.807, 2.05) is 24.3 Å². The standard InChI is InChI=1S/C17H17NO5S/c1-24(20,21)14-8-6-12(7-9-14)17(19)18-10-13-11-22-15-4-2-3-5-16(15)23-13/h2-9,13H,10-11H2,1H3,(H,18,19)/t13-/m0/s1. The summed E-state index contributed by atoms with van der Waals surface area (Å²) in [6.45, 7) is 0.644. The zero-order valence-corrected chi connectivity index (χ0v) is 13.9. The molecule has 0 bridgehead atoms. The SMILES string of the molecule is CS(=O)(=O)c1ccc(C(=O)NC[C@H]2COc3ccccc3O2)cc1. The Balaban J connectivity index is 1.58. The number of ether oxygens (including phenoxy) is 2. The van der Waals surface area contributed by atoms with Crippen LogP contribution in [0.1, 0.15) is 10.4 Å². The second-order valence-corrected chi connectivity index (χ2v) is 7.52. The number of fused-ring (bicyclic) bond motifs is 1. The highest BCUT2D eigenvalue weighted by Gasteiger charge is 2.21. The zero-order valence-electron chi connectivity index (χ0n) is 13.1. The van der Waals surface area contributed by atoms with Gasteiger partial charge >= 0.3 is 0 Å². The monoisotopic (exact) mass is 347 g/mol. The number of nitrogens with one attached hydrogen (secondary N) is 1. The third-order valence-electron chi connectivity index (χ3n) is 3.60. The van der Waals surface area contributed by atoms with Crippen LogP contribution in [0.4, 0.5) is 0 Å². The van der Waals surface area contributed by atoms with E-state index in [2.05, 4.69) is 5.32 Å². The summed E-state index contributed by atoms with van der Waals surface area (Å²) in [5, 5.41) is 2.76. The van der Waals surface area contributed by atoms with Crippen LogP contribution in [0.5, 0.6) is 11.5 Å². The highest BCUT2D eigenvalue weighted by atomic mass is 32.2. The van der Waals surface area contributed by atoms with E-state index < -0.39 is 9.84 Å². The topological polar surface area (TPSA) is 81.7 Å². The Morgan fingerprint density at radius 1 is 1.12 bits per heavy atom. The van der Waals surface area contributed by atoms with Gasteiger partial charge in [-0.05, 0) is 36.4 Å². The number of rotatable bonds is 4. The molecule has 1 heterocycles. The number of hydrogen-bond acceptors (Lipinski definition) is 5. The lowest BCUT2D eigenvalue weighted by atomic mass is 10.2. The molecule has 0 aromatic heterocycles. The molecule has 2 aromatic carbocycles.